The minimum absolute atomic E-state index is 0.122. The molecule has 0 aromatic heterocycles. The van der Waals surface area contributed by atoms with E-state index < -0.39 is 0 Å². The molecule has 0 saturated heterocycles. The van der Waals surface area contributed by atoms with Crippen LogP contribution in [0.2, 0.25) is 0 Å². The minimum atomic E-state index is -0.376. The maximum Gasteiger partial charge on any atom is 0.272 e. The summed E-state index contributed by atoms with van der Waals surface area (Å²) in [6.45, 7) is 5.85. The Morgan fingerprint density at radius 3 is 2.52 bits per heavy atom. The predicted octanol–water partition coefficient (Wildman–Crippen LogP) is 3.84. The highest BCUT2D eigenvalue weighted by Gasteiger charge is 2.13. The summed E-state index contributed by atoms with van der Waals surface area (Å²) < 4.78 is 0. The van der Waals surface area contributed by atoms with Crippen LogP contribution in [0.3, 0.4) is 0 Å². The molecule has 21 heavy (non-hydrogen) atoms. The Kier molecular flexibility index (Phi) is 4.12. The second-order valence-electron chi connectivity index (χ2n) is 5.15. The third-order valence-electron chi connectivity index (χ3n) is 3.53. The first-order valence-corrected chi connectivity index (χ1v) is 6.67. The Morgan fingerprint density at radius 1 is 1.14 bits per heavy atom. The molecule has 2 aromatic rings. The average molecular weight is 286 g/mol. The number of nitro groups is 1. The first-order valence-electron chi connectivity index (χ1n) is 6.67. The van der Waals surface area contributed by atoms with Gasteiger partial charge in [0.05, 0.1) is 4.92 Å². The summed E-state index contributed by atoms with van der Waals surface area (Å²) in [5.41, 5.74) is 3.99. The quantitative estimate of drug-likeness (QED) is 0.661. The van der Waals surface area contributed by atoms with E-state index in [1.54, 1.807) is 19.1 Å². The maximum absolute atomic E-state index is 10.9. The molecule has 110 valence electrons. The Hall–Kier alpha value is -2.56. The van der Waals surface area contributed by atoms with Gasteiger partial charge in [0.25, 0.3) is 5.69 Å². The van der Waals surface area contributed by atoms with Crippen LogP contribution in [0.15, 0.2) is 30.3 Å². The van der Waals surface area contributed by atoms with Crippen molar-refractivity contribution in [1.82, 2.24) is 0 Å². The largest absolute Gasteiger partial charge is 0.507 e. The number of anilines is 1. The third kappa shape index (κ3) is 3.13. The van der Waals surface area contributed by atoms with E-state index in [2.05, 4.69) is 5.32 Å². The van der Waals surface area contributed by atoms with Crippen molar-refractivity contribution >= 4 is 11.4 Å². The van der Waals surface area contributed by atoms with Crippen molar-refractivity contribution in [3.8, 4) is 5.75 Å². The number of aryl methyl sites for hydroxylation is 3. The summed E-state index contributed by atoms with van der Waals surface area (Å²) in [6, 6.07) is 8.91. The number of phenols is 1. The van der Waals surface area contributed by atoms with Crippen LogP contribution in [0.25, 0.3) is 0 Å². The minimum Gasteiger partial charge on any atom is -0.507 e. The molecule has 0 aliphatic carbocycles. The van der Waals surface area contributed by atoms with Crippen molar-refractivity contribution in [2.75, 3.05) is 5.32 Å². The highest BCUT2D eigenvalue weighted by molar-refractivity contribution is 5.59. The first kappa shape index (κ1) is 14.8. The maximum atomic E-state index is 10.9. The van der Waals surface area contributed by atoms with E-state index in [4.69, 9.17) is 0 Å². The van der Waals surface area contributed by atoms with Gasteiger partial charge in [-0.3, -0.25) is 10.1 Å². The molecule has 2 rings (SSSR count). The summed E-state index contributed by atoms with van der Waals surface area (Å²) in [7, 11) is 0. The van der Waals surface area contributed by atoms with E-state index in [-0.39, 0.29) is 16.4 Å². The standard InChI is InChI=1S/C16H18N2O3/c1-10-5-4-6-13(16(10)19)9-17-14-7-12(3)15(18(20)21)8-11(14)2/h4-8,17,19H,9H2,1-3H3. The smallest absolute Gasteiger partial charge is 0.272 e. The highest BCUT2D eigenvalue weighted by atomic mass is 16.6. The van der Waals surface area contributed by atoms with Crippen LogP contribution in [0.4, 0.5) is 11.4 Å². The average Bonchev–Trinajstić information content (AvgIpc) is 2.43. The molecule has 0 radical (unpaired) electrons. The van der Waals surface area contributed by atoms with Crippen LogP contribution < -0.4 is 5.32 Å². The first-order chi connectivity index (χ1) is 9.90. The second kappa shape index (κ2) is 5.83. The number of hydrogen-bond acceptors (Lipinski definition) is 4. The number of phenolic OH excluding ortho intramolecular Hbond substituents is 1. The zero-order chi connectivity index (χ0) is 15.6. The van der Waals surface area contributed by atoms with Crippen molar-refractivity contribution in [3.05, 3.63) is 62.7 Å². The van der Waals surface area contributed by atoms with Gasteiger partial charge in [-0.05, 0) is 38.0 Å². The topological polar surface area (TPSA) is 75.4 Å². The zero-order valence-electron chi connectivity index (χ0n) is 12.3. The van der Waals surface area contributed by atoms with Gasteiger partial charge in [0.15, 0.2) is 0 Å². The molecule has 0 unspecified atom stereocenters. The van der Waals surface area contributed by atoms with Crippen LogP contribution in [0.5, 0.6) is 5.75 Å². The summed E-state index contributed by atoms with van der Waals surface area (Å²) in [5, 5.41) is 24.1. The van der Waals surface area contributed by atoms with Crippen molar-refractivity contribution in [1.29, 1.82) is 0 Å². The molecular weight excluding hydrogens is 268 g/mol. The number of para-hydroxylation sites is 1. The number of benzene rings is 2. The molecule has 0 saturated carbocycles. The fourth-order valence-electron chi connectivity index (χ4n) is 2.24. The number of nitrogens with one attached hydrogen (secondary N) is 1. The van der Waals surface area contributed by atoms with Crippen molar-refractivity contribution in [3.63, 3.8) is 0 Å². The molecule has 2 aromatic carbocycles. The van der Waals surface area contributed by atoms with E-state index in [0.29, 0.717) is 12.1 Å². The van der Waals surface area contributed by atoms with Crippen LogP contribution >= 0.6 is 0 Å². The van der Waals surface area contributed by atoms with Gasteiger partial charge < -0.3 is 10.4 Å². The van der Waals surface area contributed by atoms with E-state index in [1.807, 2.05) is 32.0 Å². The molecule has 0 amide bonds. The van der Waals surface area contributed by atoms with E-state index in [1.165, 1.54) is 0 Å². The van der Waals surface area contributed by atoms with Gasteiger partial charge in [-0.25, -0.2) is 0 Å². The van der Waals surface area contributed by atoms with Crippen LogP contribution in [0, 0.1) is 30.9 Å². The van der Waals surface area contributed by atoms with Gasteiger partial charge >= 0.3 is 0 Å². The third-order valence-corrected chi connectivity index (χ3v) is 3.53. The van der Waals surface area contributed by atoms with Gasteiger partial charge in [-0.2, -0.15) is 0 Å². The molecule has 0 aliphatic heterocycles. The fourth-order valence-corrected chi connectivity index (χ4v) is 2.24. The van der Waals surface area contributed by atoms with E-state index in [0.717, 1.165) is 22.4 Å². The molecule has 0 bridgehead atoms. The number of hydrogen-bond donors (Lipinski definition) is 2. The van der Waals surface area contributed by atoms with Crippen molar-refractivity contribution in [2.24, 2.45) is 0 Å². The molecule has 5 heteroatoms. The van der Waals surface area contributed by atoms with Gasteiger partial charge in [0.2, 0.25) is 0 Å². The molecule has 0 fully saturated rings. The Labute approximate surface area is 123 Å². The fraction of sp³-hybridized carbons (Fsp3) is 0.250. The number of rotatable bonds is 4. The van der Waals surface area contributed by atoms with Crippen molar-refractivity contribution in [2.45, 2.75) is 27.3 Å². The lowest BCUT2D eigenvalue weighted by Crippen LogP contribution is -2.03. The van der Waals surface area contributed by atoms with Gasteiger partial charge in [0, 0.05) is 29.4 Å². The number of aromatic hydroxyl groups is 1. The summed E-state index contributed by atoms with van der Waals surface area (Å²) in [5.74, 6) is 0.279. The zero-order valence-corrected chi connectivity index (χ0v) is 12.3. The molecule has 0 atom stereocenters. The molecule has 0 aliphatic rings. The van der Waals surface area contributed by atoms with Crippen LogP contribution in [0.1, 0.15) is 22.3 Å². The second-order valence-corrected chi connectivity index (χ2v) is 5.15. The Morgan fingerprint density at radius 2 is 1.86 bits per heavy atom. The predicted molar refractivity (Wildman–Crippen MR) is 82.7 cm³/mol. The van der Waals surface area contributed by atoms with Gasteiger partial charge in [-0.15, -0.1) is 0 Å². The normalized spacial score (nSPS) is 10.4. The Bertz CT molecular complexity index is 696. The lowest BCUT2D eigenvalue weighted by atomic mass is 10.1. The molecule has 0 spiro atoms. The van der Waals surface area contributed by atoms with Gasteiger partial charge in [0.1, 0.15) is 5.75 Å². The van der Waals surface area contributed by atoms with Crippen LogP contribution in [-0.4, -0.2) is 10.0 Å². The monoisotopic (exact) mass is 286 g/mol. The van der Waals surface area contributed by atoms with Gasteiger partial charge in [-0.1, -0.05) is 18.2 Å². The van der Waals surface area contributed by atoms with E-state index >= 15 is 0 Å². The lowest BCUT2D eigenvalue weighted by molar-refractivity contribution is -0.385. The SMILES string of the molecule is Cc1cc([N+](=O)[O-])c(C)cc1NCc1cccc(C)c1O. The lowest BCUT2D eigenvalue weighted by Gasteiger charge is -2.12. The number of nitrogens with zero attached hydrogens (tertiary/aromatic N) is 1. The summed E-state index contributed by atoms with van der Waals surface area (Å²) in [6.07, 6.45) is 0. The molecule has 0 heterocycles. The summed E-state index contributed by atoms with van der Waals surface area (Å²) >= 11 is 0. The number of nitro benzene ring substituents is 1. The molecular formula is C16H18N2O3. The highest BCUT2D eigenvalue weighted by Crippen LogP contribution is 2.27. The summed E-state index contributed by atoms with van der Waals surface area (Å²) in [4.78, 5) is 10.5. The van der Waals surface area contributed by atoms with E-state index in [9.17, 15) is 15.2 Å². The van der Waals surface area contributed by atoms with Crippen molar-refractivity contribution < 1.29 is 10.0 Å². The molecule has 2 N–H and O–H groups in total. The molecule has 5 nitrogen and oxygen atoms in total. The Balaban J connectivity index is 2.23. The van der Waals surface area contributed by atoms with Crippen LogP contribution in [-0.2, 0) is 6.54 Å².